The Morgan fingerprint density at radius 2 is 1.83 bits per heavy atom. The average molecular weight is 420 g/mol. The Hall–Kier alpha value is -3.01. The van der Waals surface area contributed by atoms with Crippen LogP contribution in [-0.2, 0) is 14.3 Å². The molecular formula is C19H25N5O4S. The topological polar surface area (TPSA) is 122 Å². The van der Waals surface area contributed by atoms with E-state index in [2.05, 4.69) is 26.1 Å². The third-order valence-electron chi connectivity index (χ3n) is 3.89. The number of carbonyl (C=O) groups is 3. The van der Waals surface area contributed by atoms with Crippen molar-refractivity contribution in [2.45, 2.75) is 33.7 Å². The summed E-state index contributed by atoms with van der Waals surface area (Å²) in [5.41, 5.74) is 2.05. The van der Waals surface area contributed by atoms with Crippen molar-refractivity contribution in [2.24, 2.45) is 5.92 Å². The highest BCUT2D eigenvalue weighted by Gasteiger charge is 2.25. The molecular weight excluding hydrogens is 394 g/mol. The summed E-state index contributed by atoms with van der Waals surface area (Å²) in [6.45, 7) is 7.22. The van der Waals surface area contributed by atoms with Gasteiger partial charge in [-0.05, 0) is 19.8 Å². The normalized spacial score (nSPS) is 11.6. The van der Waals surface area contributed by atoms with Crippen LogP contribution in [0.5, 0.6) is 0 Å². The Bertz CT molecular complexity index is 851. The standard InChI is InChI=1S/C19H25N5O4S/c1-5-28-14(25)10-20-18(27)21-15(11(2)3)16(26)22-19-24-23-17(29-19)13-8-6-12(4)7-9-13/h6-9,11,15H,5,10H2,1-4H3,(H2,20,21,27)(H,22,24,26). The largest absolute Gasteiger partial charge is 0.465 e. The van der Waals surface area contributed by atoms with Gasteiger partial charge in [0.15, 0.2) is 0 Å². The van der Waals surface area contributed by atoms with Gasteiger partial charge in [-0.1, -0.05) is 55.0 Å². The molecule has 3 amide bonds. The molecule has 1 heterocycles. The van der Waals surface area contributed by atoms with Gasteiger partial charge < -0.3 is 15.4 Å². The van der Waals surface area contributed by atoms with Crippen molar-refractivity contribution < 1.29 is 19.1 Å². The summed E-state index contributed by atoms with van der Waals surface area (Å²) in [4.78, 5) is 35.9. The van der Waals surface area contributed by atoms with E-state index >= 15 is 0 Å². The van der Waals surface area contributed by atoms with E-state index in [4.69, 9.17) is 4.74 Å². The Kier molecular flexibility index (Phi) is 8.08. The van der Waals surface area contributed by atoms with E-state index in [0.29, 0.717) is 10.1 Å². The summed E-state index contributed by atoms with van der Waals surface area (Å²) in [7, 11) is 0. The minimum Gasteiger partial charge on any atom is -0.465 e. The first-order chi connectivity index (χ1) is 13.8. The van der Waals surface area contributed by atoms with E-state index in [1.807, 2.05) is 31.2 Å². The van der Waals surface area contributed by atoms with Crippen LogP contribution in [0.25, 0.3) is 10.6 Å². The van der Waals surface area contributed by atoms with E-state index in [9.17, 15) is 14.4 Å². The quantitative estimate of drug-likeness (QED) is 0.565. The van der Waals surface area contributed by atoms with Crippen molar-refractivity contribution in [1.29, 1.82) is 0 Å². The number of anilines is 1. The molecule has 0 aliphatic heterocycles. The van der Waals surface area contributed by atoms with Gasteiger partial charge in [-0.25, -0.2) is 4.79 Å². The molecule has 0 fully saturated rings. The summed E-state index contributed by atoms with van der Waals surface area (Å²) < 4.78 is 4.74. The number of benzene rings is 1. The molecule has 0 spiro atoms. The van der Waals surface area contributed by atoms with E-state index in [1.165, 1.54) is 11.3 Å². The molecule has 29 heavy (non-hydrogen) atoms. The SMILES string of the molecule is CCOC(=O)CNC(=O)NC(C(=O)Nc1nnc(-c2ccc(C)cc2)s1)C(C)C. The van der Waals surface area contributed by atoms with Gasteiger partial charge >= 0.3 is 12.0 Å². The molecule has 0 aliphatic carbocycles. The van der Waals surface area contributed by atoms with E-state index in [1.54, 1.807) is 20.8 Å². The number of carbonyl (C=O) groups excluding carboxylic acids is 3. The second kappa shape index (κ2) is 10.5. The molecule has 1 unspecified atom stereocenters. The minimum atomic E-state index is -0.816. The molecule has 2 rings (SSSR count). The van der Waals surface area contributed by atoms with Crippen LogP contribution in [0.2, 0.25) is 0 Å². The first-order valence-electron chi connectivity index (χ1n) is 9.21. The van der Waals surface area contributed by atoms with Gasteiger partial charge in [-0.15, -0.1) is 10.2 Å². The number of nitrogens with zero attached hydrogens (tertiary/aromatic N) is 2. The number of aromatic nitrogens is 2. The van der Waals surface area contributed by atoms with Crippen molar-refractivity contribution >= 4 is 34.4 Å². The van der Waals surface area contributed by atoms with Crippen LogP contribution < -0.4 is 16.0 Å². The van der Waals surface area contributed by atoms with Crippen LogP contribution in [0.4, 0.5) is 9.93 Å². The molecule has 0 aliphatic rings. The molecule has 0 radical (unpaired) electrons. The lowest BCUT2D eigenvalue weighted by Crippen LogP contribution is -2.51. The second-order valence-corrected chi connectivity index (χ2v) is 7.60. The number of aryl methyl sites for hydroxylation is 1. The van der Waals surface area contributed by atoms with Crippen molar-refractivity contribution in [3.05, 3.63) is 29.8 Å². The molecule has 0 saturated carbocycles. The number of urea groups is 1. The monoisotopic (exact) mass is 419 g/mol. The first kappa shape index (κ1) is 22.3. The number of amides is 3. The smallest absolute Gasteiger partial charge is 0.325 e. The number of ether oxygens (including phenoxy) is 1. The number of nitrogens with one attached hydrogen (secondary N) is 3. The van der Waals surface area contributed by atoms with Crippen LogP contribution in [0.3, 0.4) is 0 Å². The summed E-state index contributed by atoms with van der Waals surface area (Å²) in [6, 6.07) is 6.38. The van der Waals surface area contributed by atoms with Crippen LogP contribution >= 0.6 is 11.3 Å². The zero-order chi connectivity index (χ0) is 21.4. The minimum absolute atomic E-state index is 0.187. The maximum Gasteiger partial charge on any atom is 0.325 e. The molecule has 1 aromatic carbocycles. The molecule has 0 bridgehead atoms. The number of esters is 1. The highest BCUT2D eigenvalue weighted by Crippen LogP contribution is 2.26. The van der Waals surface area contributed by atoms with Gasteiger partial charge in [0.2, 0.25) is 11.0 Å². The molecule has 3 N–H and O–H groups in total. The summed E-state index contributed by atoms with van der Waals surface area (Å²) >= 11 is 1.24. The molecule has 1 aromatic heterocycles. The van der Waals surface area contributed by atoms with Crippen LogP contribution in [0, 0.1) is 12.8 Å². The van der Waals surface area contributed by atoms with Crippen LogP contribution in [-0.4, -0.2) is 47.3 Å². The summed E-state index contributed by atoms with van der Waals surface area (Å²) in [5.74, 6) is -1.16. The lowest BCUT2D eigenvalue weighted by atomic mass is 10.0. The number of hydrogen-bond donors (Lipinski definition) is 3. The third-order valence-corrected chi connectivity index (χ3v) is 4.78. The Labute approximate surface area is 173 Å². The lowest BCUT2D eigenvalue weighted by molar-refractivity contribution is -0.141. The third kappa shape index (κ3) is 6.83. The van der Waals surface area contributed by atoms with Gasteiger partial charge in [0.25, 0.3) is 0 Å². The number of rotatable bonds is 8. The average Bonchev–Trinajstić information content (AvgIpc) is 3.13. The number of hydrogen-bond acceptors (Lipinski definition) is 7. The van der Waals surface area contributed by atoms with Crippen LogP contribution in [0.15, 0.2) is 24.3 Å². The van der Waals surface area contributed by atoms with Crippen LogP contribution in [0.1, 0.15) is 26.3 Å². The van der Waals surface area contributed by atoms with Gasteiger partial charge in [0.1, 0.15) is 17.6 Å². The molecule has 156 valence electrons. The van der Waals surface area contributed by atoms with E-state index in [0.717, 1.165) is 11.1 Å². The molecule has 2 aromatic rings. The van der Waals surface area contributed by atoms with E-state index in [-0.39, 0.29) is 19.1 Å². The zero-order valence-corrected chi connectivity index (χ0v) is 17.6. The summed E-state index contributed by atoms with van der Waals surface area (Å²) in [6.07, 6.45) is 0. The Morgan fingerprint density at radius 1 is 1.14 bits per heavy atom. The fourth-order valence-electron chi connectivity index (χ4n) is 2.36. The van der Waals surface area contributed by atoms with Gasteiger partial charge in [0.05, 0.1) is 6.61 Å². The molecule has 1 atom stereocenters. The summed E-state index contributed by atoms with van der Waals surface area (Å²) in [5, 5.41) is 16.8. The maximum absolute atomic E-state index is 12.6. The van der Waals surface area contributed by atoms with Crippen molar-refractivity contribution in [3.8, 4) is 10.6 Å². The van der Waals surface area contributed by atoms with Crippen molar-refractivity contribution in [1.82, 2.24) is 20.8 Å². The molecule has 0 saturated heterocycles. The second-order valence-electron chi connectivity index (χ2n) is 6.62. The molecule has 9 nitrogen and oxygen atoms in total. The molecule has 10 heteroatoms. The highest BCUT2D eigenvalue weighted by molar-refractivity contribution is 7.18. The maximum atomic E-state index is 12.6. The first-order valence-corrected chi connectivity index (χ1v) is 10.0. The predicted molar refractivity (Wildman–Crippen MR) is 111 cm³/mol. The van der Waals surface area contributed by atoms with Gasteiger partial charge in [-0.3, -0.25) is 14.9 Å². The van der Waals surface area contributed by atoms with E-state index < -0.39 is 23.9 Å². The van der Waals surface area contributed by atoms with Gasteiger partial charge in [0, 0.05) is 5.56 Å². The van der Waals surface area contributed by atoms with Crippen molar-refractivity contribution in [3.63, 3.8) is 0 Å². The fraction of sp³-hybridized carbons (Fsp3) is 0.421. The Balaban J connectivity index is 1.96. The highest BCUT2D eigenvalue weighted by atomic mass is 32.1. The zero-order valence-electron chi connectivity index (χ0n) is 16.8. The van der Waals surface area contributed by atoms with Crippen molar-refractivity contribution in [2.75, 3.05) is 18.5 Å². The lowest BCUT2D eigenvalue weighted by Gasteiger charge is -2.21. The fourth-order valence-corrected chi connectivity index (χ4v) is 3.11. The van der Waals surface area contributed by atoms with Gasteiger partial charge in [-0.2, -0.15) is 0 Å². The Morgan fingerprint density at radius 3 is 2.45 bits per heavy atom. The predicted octanol–water partition coefficient (Wildman–Crippen LogP) is 2.34.